The number of amides is 3. The molecule has 138 valence electrons. The summed E-state index contributed by atoms with van der Waals surface area (Å²) in [6, 6.07) is 6.65. The molecule has 1 heterocycles. The van der Waals surface area contributed by atoms with Gasteiger partial charge in [-0.05, 0) is 51.2 Å². The Morgan fingerprint density at radius 1 is 1.28 bits per heavy atom. The maximum Gasteiger partial charge on any atom is 0.322 e. The second-order valence-electron chi connectivity index (χ2n) is 6.61. The molecule has 1 aliphatic rings. The van der Waals surface area contributed by atoms with Gasteiger partial charge in [0.2, 0.25) is 0 Å². The highest BCUT2D eigenvalue weighted by molar-refractivity contribution is 5.95. The fourth-order valence-electron chi connectivity index (χ4n) is 2.93. The topological polar surface area (TPSA) is 84.9 Å². The first kappa shape index (κ1) is 19.2. The molecule has 7 nitrogen and oxygen atoms in total. The summed E-state index contributed by atoms with van der Waals surface area (Å²) in [7, 11) is 3.95. The summed E-state index contributed by atoms with van der Waals surface area (Å²) < 4.78 is 0. The van der Waals surface area contributed by atoms with E-state index >= 15 is 0 Å². The Morgan fingerprint density at radius 2 is 1.96 bits per heavy atom. The van der Waals surface area contributed by atoms with Crippen LogP contribution in [0.2, 0.25) is 0 Å². The Balaban J connectivity index is 1.97. The average Bonchev–Trinajstić information content (AvgIpc) is 3.05. The highest BCUT2D eigenvalue weighted by Gasteiger charge is 2.35. The van der Waals surface area contributed by atoms with E-state index in [4.69, 9.17) is 0 Å². The van der Waals surface area contributed by atoms with Gasteiger partial charge in [-0.25, -0.2) is 4.79 Å². The molecule has 25 heavy (non-hydrogen) atoms. The molecular formula is C18H28N4O3. The van der Waals surface area contributed by atoms with Crippen molar-refractivity contribution in [3.8, 4) is 0 Å². The number of nitrogens with one attached hydrogen (secondary N) is 2. The van der Waals surface area contributed by atoms with E-state index in [0.717, 1.165) is 12.8 Å². The highest BCUT2D eigenvalue weighted by Crippen LogP contribution is 2.22. The molecule has 0 unspecified atom stereocenters. The summed E-state index contributed by atoms with van der Waals surface area (Å²) in [6.07, 6.45) is 1.64. The molecule has 0 spiro atoms. The summed E-state index contributed by atoms with van der Waals surface area (Å²) in [5.74, 6) is -0.117. The largest absolute Gasteiger partial charge is 0.394 e. The molecule has 3 N–H and O–H groups in total. The summed E-state index contributed by atoms with van der Waals surface area (Å²) in [5, 5.41) is 15.2. The quantitative estimate of drug-likeness (QED) is 0.725. The molecule has 0 radical (unpaired) electrons. The molecule has 1 saturated heterocycles. The summed E-state index contributed by atoms with van der Waals surface area (Å²) in [5.41, 5.74) is 1.19. The Bertz CT molecular complexity index is 588. The number of carbonyl (C=O) groups excluding carboxylic acids is 2. The monoisotopic (exact) mass is 348 g/mol. The summed E-state index contributed by atoms with van der Waals surface area (Å²) in [4.78, 5) is 28.1. The van der Waals surface area contributed by atoms with E-state index in [1.165, 1.54) is 0 Å². The molecule has 0 saturated carbocycles. The maximum absolute atomic E-state index is 12.5. The number of hydrogen-bond acceptors (Lipinski definition) is 4. The lowest BCUT2D eigenvalue weighted by atomic mass is 10.2. The third-order valence-corrected chi connectivity index (χ3v) is 4.53. The van der Waals surface area contributed by atoms with E-state index in [0.29, 0.717) is 24.3 Å². The predicted molar refractivity (Wildman–Crippen MR) is 97.8 cm³/mol. The van der Waals surface area contributed by atoms with Crippen molar-refractivity contribution in [3.63, 3.8) is 0 Å². The second-order valence-corrected chi connectivity index (χ2v) is 6.61. The van der Waals surface area contributed by atoms with Crippen LogP contribution in [0.25, 0.3) is 0 Å². The zero-order valence-electron chi connectivity index (χ0n) is 15.2. The van der Waals surface area contributed by atoms with Crippen LogP contribution >= 0.6 is 0 Å². The third-order valence-electron chi connectivity index (χ3n) is 4.53. The van der Waals surface area contributed by atoms with Crippen LogP contribution in [-0.2, 0) is 0 Å². The predicted octanol–water partition coefficient (Wildman–Crippen LogP) is 1.36. The summed E-state index contributed by atoms with van der Waals surface area (Å²) >= 11 is 0. The van der Waals surface area contributed by atoms with Crippen LogP contribution in [0.4, 0.5) is 10.5 Å². The van der Waals surface area contributed by atoms with E-state index in [-0.39, 0.29) is 30.6 Å². The molecule has 1 aromatic carbocycles. The maximum atomic E-state index is 12.5. The zero-order valence-corrected chi connectivity index (χ0v) is 15.2. The van der Waals surface area contributed by atoms with Gasteiger partial charge in [0.25, 0.3) is 5.91 Å². The lowest BCUT2D eigenvalue weighted by Gasteiger charge is -2.23. The van der Waals surface area contributed by atoms with E-state index < -0.39 is 0 Å². The van der Waals surface area contributed by atoms with Crippen LogP contribution in [0.3, 0.4) is 0 Å². The minimum Gasteiger partial charge on any atom is -0.394 e. The number of anilines is 1. The Hall–Kier alpha value is -2.12. The molecular weight excluding hydrogens is 320 g/mol. The van der Waals surface area contributed by atoms with Crippen LogP contribution in [-0.4, -0.2) is 72.7 Å². The van der Waals surface area contributed by atoms with Gasteiger partial charge in [0.05, 0.1) is 12.6 Å². The van der Waals surface area contributed by atoms with Crippen LogP contribution in [0.5, 0.6) is 0 Å². The fourth-order valence-corrected chi connectivity index (χ4v) is 2.93. The molecule has 2 atom stereocenters. The van der Waals surface area contributed by atoms with Crippen LogP contribution in [0, 0.1) is 0 Å². The number of rotatable bonds is 6. The Kier molecular flexibility index (Phi) is 6.78. The molecule has 7 heteroatoms. The minimum atomic E-state index is -0.230. The third kappa shape index (κ3) is 4.93. The molecule has 0 bridgehead atoms. The molecule has 1 aromatic rings. The SMILES string of the molecule is CCCNC(=O)c1ccc(NC(=O)N2C[C@H](N(C)C)C[C@H]2CO)cc1. The standard InChI is InChI=1S/C18H28N4O3/c1-4-9-19-17(24)13-5-7-14(8-6-13)20-18(25)22-11-15(21(2)3)10-16(22)12-23/h5-8,15-16,23H,4,9-12H2,1-3H3,(H,19,24)(H,20,25)/t15-,16+/m1/s1. The van der Waals surface area contributed by atoms with Crippen LogP contribution < -0.4 is 10.6 Å². The van der Waals surface area contributed by atoms with Crippen molar-refractivity contribution < 1.29 is 14.7 Å². The molecule has 2 rings (SSSR count). The van der Waals surface area contributed by atoms with E-state index in [9.17, 15) is 14.7 Å². The van der Waals surface area contributed by atoms with Gasteiger partial charge in [-0.15, -0.1) is 0 Å². The van der Waals surface area contributed by atoms with Gasteiger partial charge in [-0.3, -0.25) is 4.79 Å². The number of aliphatic hydroxyl groups excluding tert-OH is 1. The van der Waals surface area contributed by atoms with Crippen molar-refractivity contribution in [1.29, 1.82) is 0 Å². The van der Waals surface area contributed by atoms with Gasteiger partial charge in [0, 0.05) is 30.4 Å². The lowest BCUT2D eigenvalue weighted by Crippen LogP contribution is -2.41. The number of nitrogens with zero attached hydrogens (tertiary/aromatic N) is 2. The van der Waals surface area contributed by atoms with Gasteiger partial charge in [0.1, 0.15) is 0 Å². The molecule has 0 aromatic heterocycles. The number of urea groups is 1. The lowest BCUT2D eigenvalue weighted by molar-refractivity contribution is 0.0953. The number of likely N-dealkylation sites (N-methyl/N-ethyl adjacent to an activating group) is 1. The normalized spacial score (nSPS) is 20.0. The Labute approximate surface area is 149 Å². The van der Waals surface area contributed by atoms with Gasteiger partial charge < -0.3 is 25.5 Å². The smallest absolute Gasteiger partial charge is 0.322 e. The number of aliphatic hydroxyl groups is 1. The van der Waals surface area contributed by atoms with Gasteiger partial charge in [-0.1, -0.05) is 6.92 Å². The van der Waals surface area contributed by atoms with Gasteiger partial charge in [-0.2, -0.15) is 0 Å². The van der Waals surface area contributed by atoms with Crippen LogP contribution in [0.15, 0.2) is 24.3 Å². The Morgan fingerprint density at radius 3 is 2.52 bits per heavy atom. The first-order valence-electron chi connectivity index (χ1n) is 8.69. The van der Waals surface area contributed by atoms with E-state index in [1.54, 1.807) is 29.2 Å². The molecule has 3 amide bonds. The molecule has 1 fully saturated rings. The number of hydrogen-bond donors (Lipinski definition) is 3. The number of carbonyl (C=O) groups is 2. The minimum absolute atomic E-state index is 0.0473. The number of likely N-dealkylation sites (tertiary alicyclic amines) is 1. The van der Waals surface area contributed by atoms with Crippen molar-refractivity contribution in [3.05, 3.63) is 29.8 Å². The summed E-state index contributed by atoms with van der Waals surface area (Å²) in [6.45, 7) is 3.18. The molecule has 1 aliphatic heterocycles. The zero-order chi connectivity index (χ0) is 18.4. The van der Waals surface area contributed by atoms with Gasteiger partial charge in [0.15, 0.2) is 0 Å². The highest BCUT2D eigenvalue weighted by atomic mass is 16.3. The van der Waals surface area contributed by atoms with Crippen molar-refractivity contribution >= 4 is 17.6 Å². The van der Waals surface area contributed by atoms with Crippen molar-refractivity contribution in [2.24, 2.45) is 0 Å². The van der Waals surface area contributed by atoms with Crippen molar-refractivity contribution in [2.75, 3.05) is 39.1 Å². The first-order chi connectivity index (χ1) is 12.0. The fraction of sp³-hybridized carbons (Fsp3) is 0.556. The van der Waals surface area contributed by atoms with E-state index in [2.05, 4.69) is 15.5 Å². The second kappa shape index (κ2) is 8.82. The van der Waals surface area contributed by atoms with E-state index in [1.807, 2.05) is 21.0 Å². The van der Waals surface area contributed by atoms with Crippen molar-refractivity contribution in [1.82, 2.24) is 15.1 Å². The molecule has 0 aliphatic carbocycles. The first-order valence-corrected chi connectivity index (χ1v) is 8.69. The van der Waals surface area contributed by atoms with Gasteiger partial charge >= 0.3 is 6.03 Å². The average molecular weight is 348 g/mol. The van der Waals surface area contributed by atoms with Crippen LogP contribution in [0.1, 0.15) is 30.1 Å². The number of benzene rings is 1. The van der Waals surface area contributed by atoms with Crippen molar-refractivity contribution in [2.45, 2.75) is 31.8 Å².